The van der Waals surface area contributed by atoms with Gasteiger partial charge in [-0.1, -0.05) is 73.3 Å². The van der Waals surface area contributed by atoms with Crippen LogP contribution in [0.3, 0.4) is 0 Å². The largest absolute Gasteiger partial charge is 0.485 e. The second kappa shape index (κ2) is 7.12. The zero-order valence-corrected chi connectivity index (χ0v) is 15.0. The second-order valence-corrected chi connectivity index (χ2v) is 6.26. The topological polar surface area (TPSA) is 65.0 Å². The van der Waals surface area contributed by atoms with E-state index in [1.165, 1.54) is 12.1 Å². The number of aromatic carboxylic acids is 1. The Labute approximate surface area is 162 Å². The summed E-state index contributed by atoms with van der Waals surface area (Å²) in [5.41, 5.74) is 1.62. The summed E-state index contributed by atoms with van der Waals surface area (Å²) in [6, 6.07) is 21.9. The molecule has 28 heavy (non-hydrogen) atoms. The molecule has 0 fully saturated rings. The van der Waals surface area contributed by atoms with E-state index < -0.39 is 11.8 Å². The molecule has 5 nitrogen and oxygen atoms in total. The van der Waals surface area contributed by atoms with E-state index in [-0.39, 0.29) is 12.2 Å². The van der Waals surface area contributed by atoms with Gasteiger partial charge in [0.1, 0.15) is 6.61 Å². The molecule has 3 aromatic carbocycles. The van der Waals surface area contributed by atoms with Crippen molar-refractivity contribution in [3.63, 3.8) is 0 Å². The van der Waals surface area contributed by atoms with Crippen molar-refractivity contribution in [1.82, 2.24) is 0 Å². The van der Waals surface area contributed by atoms with Crippen LogP contribution in [0.1, 0.15) is 21.5 Å². The van der Waals surface area contributed by atoms with Crippen molar-refractivity contribution in [2.75, 3.05) is 6.61 Å². The Morgan fingerprint density at radius 2 is 1.61 bits per heavy atom. The number of ether oxygens (including phenoxy) is 3. The molecule has 1 N–H and O–H groups in total. The molecule has 0 aromatic heterocycles. The first-order valence-corrected chi connectivity index (χ1v) is 8.78. The van der Waals surface area contributed by atoms with Gasteiger partial charge in [0, 0.05) is 11.1 Å². The molecule has 0 bridgehead atoms. The van der Waals surface area contributed by atoms with E-state index in [0.29, 0.717) is 17.2 Å². The van der Waals surface area contributed by atoms with E-state index in [4.69, 9.17) is 14.2 Å². The summed E-state index contributed by atoms with van der Waals surface area (Å²) in [5, 5.41) is 9.46. The van der Waals surface area contributed by atoms with E-state index >= 15 is 0 Å². The lowest BCUT2D eigenvalue weighted by atomic mass is 9.97. The molecule has 0 amide bonds. The molecular formula is C23H18O5. The molecule has 0 radical (unpaired) electrons. The number of rotatable bonds is 6. The third-order valence-corrected chi connectivity index (χ3v) is 4.43. The molecule has 1 heterocycles. The smallest absolute Gasteiger partial charge is 0.335 e. The monoisotopic (exact) mass is 374 g/mol. The van der Waals surface area contributed by atoms with E-state index in [2.05, 4.69) is 6.58 Å². The Morgan fingerprint density at radius 3 is 2.14 bits per heavy atom. The summed E-state index contributed by atoms with van der Waals surface area (Å²) >= 11 is 0. The maximum Gasteiger partial charge on any atom is 0.335 e. The maximum absolute atomic E-state index is 11.6. The van der Waals surface area contributed by atoms with Gasteiger partial charge in [-0.15, -0.1) is 0 Å². The Balaban J connectivity index is 1.89. The van der Waals surface area contributed by atoms with E-state index in [0.717, 1.165) is 11.1 Å². The molecule has 0 spiro atoms. The van der Waals surface area contributed by atoms with Gasteiger partial charge in [-0.2, -0.15) is 0 Å². The molecule has 1 aliphatic heterocycles. The second-order valence-electron chi connectivity index (χ2n) is 6.26. The van der Waals surface area contributed by atoms with Gasteiger partial charge >= 0.3 is 11.8 Å². The van der Waals surface area contributed by atoms with Gasteiger partial charge < -0.3 is 19.3 Å². The van der Waals surface area contributed by atoms with Crippen LogP contribution in [0.5, 0.6) is 17.2 Å². The number of carboxylic acids is 1. The fourth-order valence-corrected chi connectivity index (χ4v) is 3.17. The highest BCUT2D eigenvalue weighted by atomic mass is 16.7. The zero-order valence-electron chi connectivity index (χ0n) is 15.0. The molecule has 0 saturated carbocycles. The van der Waals surface area contributed by atoms with Gasteiger partial charge in [-0.3, -0.25) is 0 Å². The van der Waals surface area contributed by atoms with Gasteiger partial charge in [-0.25, -0.2) is 4.79 Å². The fourth-order valence-electron chi connectivity index (χ4n) is 3.17. The number of benzene rings is 3. The summed E-state index contributed by atoms with van der Waals surface area (Å²) in [5.74, 6) is -1.35. The van der Waals surface area contributed by atoms with Gasteiger partial charge in [0.2, 0.25) is 5.75 Å². The molecular weight excluding hydrogens is 356 g/mol. The quantitative estimate of drug-likeness (QED) is 0.638. The molecule has 0 atom stereocenters. The molecule has 0 aliphatic carbocycles. The average Bonchev–Trinajstić information content (AvgIpc) is 3.14. The lowest BCUT2D eigenvalue weighted by molar-refractivity contribution is -0.0468. The van der Waals surface area contributed by atoms with Crippen molar-refractivity contribution in [2.24, 2.45) is 0 Å². The minimum Gasteiger partial charge on any atom is -0.485 e. The van der Waals surface area contributed by atoms with E-state index in [9.17, 15) is 9.90 Å². The van der Waals surface area contributed by atoms with Crippen LogP contribution in [-0.2, 0) is 5.79 Å². The molecule has 1 aliphatic rings. The zero-order chi connectivity index (χ0) is 19.6. The minimum atomic E-state index is -1.24. The van der Waals surface area contributed by atoms with Gasteiger partial charge in [0.25, 0.3) is 0 Å². The highest BCUT2D eigenvalue weighted by Gasteiger charge is 2.47. The lowest BCUT2D eigenvalue weighted by Crippen LogP contribution is -2.36. The SMILES string of the molecule is C=CCOc1cc(C(=O)O)cc2c1OC(c1ccccc1)(c1ccccc1)O2. The average molecular weight is 374 g/mol. The summed E-state index contributed by atoms with van der Waals surface area (Å²) in [6.07, 6.45) is 1.58. The predicted octanol–water partition coefficient (Wildman–Crippen LogP) is 4.62. The number of fused-ring (bicyclic) bond motifs is 1. The summed E-state index contributed by atoms with van der Waals surface area (Å²) in [6.45, 7) is 3.85. The number of carbonyl (C=O) groups is 1. The van der Waals surface area contributed by atoms with Crippen LogP contribution in [0.2, 0.25) is 0 Å². The van der Waals surface area contributed by atoms with Crippen molar-refractivity contribution in [3.05, 3.63) is 102 Å². The number of carboxylic acid groups (broad SMARTS) is 1. The van der Waals surface area contributed by atoms with Crippen molar-refractivity contribution in [3.8, 4) is 17.2 Å². The fraction of sp³-hybridized carbons (Fsp3) is 0.0870. The maximum atomic E-state index is 11.6. The van der Waals surface area contributed by atoms with Crippen molar-refractivity contribution >= 4 is 5.97 Å². The first kappa shape index (κ1) is 17.7. The van der Waals surface area contributed by atoms with Gasteiger partial charge in [0.05, 0.1) is 5.56 Å². The normalized spacial score (nSPS) is 13.7. The van der Waals surface area contributed by atoms with Crippen LogP contribution in [0.25, 0.3) is 0 Å². The van der Waals surface area contributed by atoms with Crippen LogP contribution in [-0.4, -0.2) is 17.7 Å². The third kappa shape index (κ3) is 2.97. The standard InChI is InChI=1S/C23H18O5/c1-2-13-26-19-14-16(22(24)25)15-20-21(19)28-23(27-20,17-9-5-3-6-10-17)18-11-7-4-8-12-18/h2-12,14-15H,1,13H2,(H,24,25). The first-order valence-electron chi connectivity index (χ1n) is 8.78. The van der Waals surface area contributed by atoms with Gasteiger partial charge in [0.15, 0.2) is 11.5 Å². The number of hydrogen-bond acceptors (Lipinski definition) is 4. The van der Waals surface area contributed by atoms with Crippen LogP contribution in [0, 0.1) is 0 Å². The van der Waals surface area contributed by atoms with E-state index in [1.54, 1.807) is 6.08 Å². The lowest BCUT2D eigenvalue weighted by Gasteiger charge is -2.28. The van der Waals surface area contributed by atoms with Crippen LogP contribution in [0.15, 0.2) is 85.5 Å². The van der Waals surface area contributed by atoms with Crippen molar-refractivity contribution in [1.29, 1.82) is 0 Å². The van der Waals surface area contributed by atoms with Crippen molar-refractivity contribution < 1.29 is 24.1 Å². The van der Waals surface area contributed by atoms with Gasteiger partial charge in [-0.05, 0) is 12.1 Å². The summed E-state index contributed by atoms with van der Waals surface area (Å²) < 4.78 is 18.3. The Kier molecular flexibility index (Phi) is 4.49. The molecule has 140 valence electrons. The predicted molar refractivity (Wildman–Crippen MR) is 104 cm³/mol. The van der Waals surface area contributed by atoms with Crippen molar-refractivity contribution in [2.45, 2.75) is 5.79 Å². The van der Waals surface area contributed by atoms with Crippen LogP contribution in [0.4, 0.5) is 0 Å². The minimum absolute atomic E-state index is 0.0540. The number of hydrogen-bond donors (Lipinski definition) is 1. The van der Waals surface area contributed by atoms with Crippen LogP contribution >= 0.6 is 0 Å². The highest BCUT2D eigenvalue weighted by molar-refractivity contribution is 5.89. The molecule has 4 rings (SSSR count). The molecule has 5 heteroatoms. The summed E-state index contributed by atoms with van der Waals surface area (Å²) in [4.78, 5) is 11.6. The Bertz CT molecular complexity index is 972. The van der Waals surface area contributed by atoms with E-state index in [1.807, 2.05) is 60.7 Å². The molecule has 0 saturated heterocycles. The highest BCUT2D eigenvalue weighted by Crippen LogP contribution is 2.52. The molecule has 0 unspecified atom stereocenters. The molecule has 3 aromatic rings. The Morgan fingerprint density at radius 1 is 1.00 bits per heavy atom. The van der Waals surface area contributed by atoms with Crippen LogP contribution < -0.4 is 14.2 Å². The Hall–Kier alpha value is -3.73. The first-order chi connectivity index (χ1) is 13.6. The summed E-state index contributed by atoms with van der Waals surface area (Å²) in [7, 11) is 0. The third-order valence-electron chi connectivity index (χ3n) is 4.43.